The molecule has 0 amide bonds. The van der Waals surface area contributed by atoms with Crippen LogP contribution >= 0.6 is 0 Å². The van der Waals surface area contributed by atoms with Gasteiger partial charge in [-0.05, 0) is 99.4 Å². The van der Waals surface area contributed by atoms with Gasteiger partial charge in [-0.25, -0.2) is 9.59 Å². The lowest BCUT2D eigenvalue weighted by Crippen LogP contribution is -2.22. The topological polar surface area (TPSA) is 105 Å². The Hall–Kier alpha value is -4.46. The molecule has 8 nitrogen and oxygen atoms in total. The summed E-state index contributed by atoms with van der Waals surface area (Å²) in [5, 5.41) is 0. The van der Waals surface area contributed by atoms with Crippen LogP contribution in [0.3, 0.4) is 0 Å². The minimum Gasteiger partial charge on any atom is -0.494 e. The zero-order valence-corrected chi connectivity index (χ0v) is 24.6. The first kappa shape index (κ1) is 33.0. The van der Waals surface area contributed by atoms with Crippen molar-refractivity contribution in [1.82, 2.24) is 0 Å². The number of allylic oxidation sites excluding steroid dienone is 1. The van der Waals surface area contributed by atoms with E-state index in [4.69, 9.17) is 18.9 Å². The van der Waals surface area contributed by atoms with Gasteiger partial charge in [0.2, 0.25) is 0 Å². The van der Waals surface area contributed by atoms with Gasteiger partial charge in [-0.1, -0.05) is 37.8 Å². The predicted octanol–water partition coefficient (Wildman–Crippen LogP) is 6.98. The molecule has 0 aromatic heterocycles. The summed E-state index contributed by atoms with van der Waals surface area (Å²) >= 11 is 0. The summed E-state index contributed by atoms with van der Waals surface area (Å²) in [6, 6.07) is 13.6. The monoisotopic (exact) mass is 588 g/mol. The van der Waals surface area contributed by atoms with Crippen LogP contribution in [0, 0.1) is 0 Å². The highest BCUT2D eigenvalue weighted by atomic mass is 16.5. The van der Waals surface area contributed by atoms with Crippen LogP contribution in [-0.2, 0) is 23.9 Å². The summed E-state index contributed by atoms with van der Waals surface area (Å²) < 4.78 is 21.5. The summed E-state index contributed by atoms with van der Waals surface area (Å²) in [4.78, 5) is 48.1. The maximum Gasteiger partial charge on any atom is 0.339 e. The molecule has 1 aliphatic carbocycles. The molecule has 2 aromatic rings. The summed E-state index contributed by atoms with van der Waals surface area (Å²) in [7, 11) is 0. The fourth-order valence-electron chi connectivity index (χ4n) is 4.45. The molecule has 2 aromatic carbocycles. The molecule has 8 heteroatoms. The molecule has 228 valence electrons. The average molecular weight is 589 g/mol. The highest BCUT2D eigenvalue weighted by Gasteiger charge is 2.20. The van der Waals surface area contributed by atoms with Crippen molar-refractivity contribution < 1.29 is 38.1 Å². The van der Waals surface area contributed by atoms with Crippen LogP contribution in [0.15, 0.2) is 79.4 Å². The van der Waals surface area contributed by atoms with Gasteiger partial charge in [-0.2, -0.15) is 0 Å². The number of carbonyl (C=O) groups is 4. The van der Waals surface area contributed by atoms with Crippen molar-refractivity contribution >= 4 is 29.8 Å². The maximum atomic E-state index is 12.6. The molecule has 1 fully saturated rings. The van der Waals surface area contributed by atoms with Gasteiger partial charge in [-0.15, -0.1) is 0 Å². The smallest absolute Gasteiger partial charge is 0.339 e. The van der Waals surface area contributed by atoms with E-state index in [0.29, 0.717) is 30.3 Å². The van der Waals surface area contributed by atoms with E-state index in [1.165, 1.54) is 6.08 Å². The fraction of sp³-hybridized carbons (Fsp3) is 0.371. The van der Waals surface area contributed by atoms with E-state index in [0.717, 1.165) is 69.4 Å². The van der Waals surface area contributed by atoms with Gasteiger partial charge in [0.25, 0.3) is 0 Å². The van der Waals surface area contributed by atoms with Crippen LogP contribution in [0.25, 0.3) is 6.08 Å². The molecule has 0 unspecified atom stereocenters. The molecule has 0 radical (unpaired) electrons. The second-order valence-corrected chi connectivity index (χ2v) is 10.3. The molecule has 0 saturated heterocycles. The SMILES string of the molecule is C=CC(=O)OCCCCCCOc1ccc(C(=O)/C=C/c2ccc(OC(=O)C(=C)CC(=O)OC3CCCCC3)cc2)cc1. The zero-order chi connectivity index (χ0) is 30.9. The number of unbranched alkanes of at least 4 members (excludes halogenated alkanes) is 3. The Morgan fingerprint density at radius 3 is 2.14 bits per heavy atom. The largest absolute Gasteiger partial charge is 0.494 e. The molecular formula is C35H40O8. The summed E-state index contributed by atoms with van der Waals surface area (Å²) in [5.74, 6) is -0.709. The van der Waals surface area contributed by atoms with Crippen molar-refractivity contribution in [2.24, 2.45) is 0 Å². The van der Waals surface area contributed by atoms with Gasteiger partial charge in [0, 0.05) is 17.2 Å². The first-order valence-electron chi connectivity index (χ1n) is 14.8. The molecule has 0 N–H and O–H groups in total. The summed E-state index contributed by atoms with van der Waals surface area (Å²) in [6.45, 7) is 7.99. The van der Waals surface area contributed by atoms with Gasteiger partial charge in [-0.3, -0.25) is 9.59 Å². The van der Waals surface area contributed by atoms with Gasteiger partial charge in [0.05, 0.1) is 19.6 Å². The van der Waals surface area contributed by atoms with Crippen molar-refractivity contribution in [3.8, 4) is 11.5 Å². The number of rotatable bonds is 17. The number of hydrogen-bond acceptors (Lipinski definition) is 8. The van der Waals surface area contributed by atoms with Gasteiger partial charge < -0.3 is 18.9 Å². The van der Waals surface area contributed by atoms with Crippen molar-refractivity contribution in [2.45, 2.75) is 70.3 Å². The van der Waals surface area contributed by atoms with Gasteiger partial charge in [0.15, 0.2) is 5.78 Å². The molecule has 1 aliphatic rings. The normalized spacial score (nSPS) is 13.2. The van der Waals surface area contributed by atoms with E-state index in [1.54, 1.807) is 54.6 Å². The number of hydrogen-bond donors (Lipinski definition) is 0. The van der Waals surface area contributed by atoms with E-state index in [9.17, 15) is 19.2 Å². The Bertz CT molecular complexity index is 1270. The number of carbonyl (C=O) groups excluding carboxylic acids is 4. The van der Waals surface area contributed by atoms with E-state index in [-0.39, 0.29) is 23.9 Å². The lowest BCUT2D eigenvalue weighted by Gasteiger charge is -2.21. The predicted molar refractivity (Wildman–Crippen MR) is 164 cm³/mol. The number of benzene rings is 2. The maximum absolute atomic E-state index is 12.6. The van der Waals surface area contributed by atoms with Crippen LogP contribution in [0.1, 0.15) is 80.1 Å². The Morgan fingerprint density at radius 2 is 1.47 bits per heavy atom. The van der Waals surface area contributed by atoms with Crippen LogP contribution in [0.2, 0.25) is 0 Å². The second-order valence-electron chi connectivity index (χ2n) is 10.3. The van der Waals surface area contributed by atoms with Gasteiger partial charge in [0.1, 0.15) is 17.6 Å². The number of ether oxygens (including phenoxy) is 4. The Kier molecular flexibility index (Phi) is 14.0. The van der Waals surface area contributed by atoms with E-state index in [2.05, 4.69) is 13.2 Å². The molecule has 0 spiro atoms. The van der Waals surface area contributed by atoms with E-state index in [1.807, 2.05) is 0 Å². The van der Waals surface area contributed by atoms with Gasteiger partial charge >= 0.3 is 17.9 Å². The van der Waals surface area contributed by atoms with E-state index < -0.39 is 17.9 Å². The Labute approximate surface area is 253 Å². The Balaban J connectivity index is 1.35. The molecule has 43 heavy (non-hydrogen) atoms. The van der Waals surface area contributed by atoms with E-state index >= 15 is 0 Å². The van der Waals surface area contributed by atoms with Crippen LogP contribution in [0.5, 0.6) is 11.5 Å². The number of esters is 3. The first-order valence-corrected chi connectivity index (χ1v) is 14.8. The van der Waals surface area contributed by atoms with Crippen molar-refractivity contribution in [2.75, 3.05) is 13.2 Å². The number of ketones is 1. The van der Waals surface area contributed by atoms with Crippen molar-refractivity contribution in [3.63, 3.8) is 0 Å². The quantitative estimate of drug-likeness (QED) is 0.0641. The molecular weight excluding hydrogens is 548 g/mol. The lowest BCUT2D eigenvalue weighted by atomic mass is 9.98. The third-order valence-electron chi connectivity index (χ3n) is 6.87. The van der Waals surface area contributed by atoms with Crippen LogP contribution in [-0.4, -0.2) is 43.0 Å². The third kappa shape index (κ3) is 12.5. The summed E-state index contributed by atoms with van der Waals surface area (Å²) in [6.07, 6.45) is 12.6. The Morgan fingerprint density at radius 1 is 0.814 bits per heavy atom. The fourth-order valence-corrected chi connectivity index (χ4v) is 4.45. The zero-order valence-electron chi connectivity index (χ0n) is 24.6. The highest BCUT2D eigenvalue weighted by Crippen LogP contribution is 2.22. The minimum atomic E-state index is -0.685. The van der Waals surface area contributed by atoms with Crippen molar-refractivity contribution in [1.29, 1.82) is 0 Å². The van der Waals surface area contributed by atoms with Crippen LogP contribution < -0.4 is 9.47 Å². The molecule has 0 atom stereocenters. The molecule has 3 rings (SSSR count). The van der Waals surface area contributed by atoms with Crippen molar-refractivity contribution in [3.05, 3.63) is 90.5 Å². The lowest BCUT2D eigenvalue weighted by molar-refractivity contribution is -0.150. The molecule has 0 aliphatic heterocycles. The standard InChI is InChI=1S/C35H40O8/c1-3-33(37)41-24-10-5-4-9-23-40-29-20-16-28(17-21-29)32(36)22-15-27-13-18-31(19-14-27)43-35(39)26(2)25-34(38)42-30-11-7-6-8-12-30/h3,13-22,30H,1-2,4-12,23-25H2/b22-15+. The summed E-state index contributed by atoms with van der Waals surface area (Å²) in [5.41, 5.74) is 1.32. The van der Waals surface area contributed by atoms with Crippen LogP contribution in [0.4, 0.5) is 0 Å². The molecule has 0 bridgehead atoms. The molecule has 0 heterocycles. The minimum absolute atomic E-state index is 0.0347. The molecule has 1 saturated carbocycles. The first-order chi connectivity index (χ1) is 20.8. The second kappa shape index (κ2) is 18.2. The average Bonchev–Trinajstić information content (AvgIpc) is 3.02. The highest BCUT2D eigenvalue weighted by molar-refractivity contribution is 6.06. The third-order valence-corrected chi connectivity index (χ3v) is 6.87.